The number of aliphatic hydroxyl groups is 1. The van der Waals surface area contributed by atoms with Gasteiger partial charge >= 0.3 is 0 Å². The molecule has 1 rings (SSSR count). The minimum absolute atomic E-state index is 0.0520. The molecular formula is C12H14O2. The average molecular weight is 190 g/mol. The summed E-state index contributed by atoms with van der Waals surface area (Å²) in [6.07, 6.45) is 2.87. The highest BCUT2D eigenvalue weighted by Gasteiger charge is 2.01. The summed E-state index contributed by atoms with van der Waals surface area (Å²) in [6, 6.07) is 9.60. The lowest BCUT2D eigenvalue weighted by atomic mass is 10.1. The molecule has 0 aliphatic heterocycles. The Morgan fingerprint density at radius 1 is 1.43 bits per heavy atom. The van der Waals surface area contributed by atoms with Gasteiger partial charge in [-0.2, -0.15) is 0 Å². The first-order valence-corrected chi connectivity index (χ1v) is 4.62. The minimum Gasteiger partial charge on any atom is -0.393 e. The van der Waals surface area contributed by atoms with Crippen molar-refractivity contribution in [1.82, 2.24) is 0 Å². The number of carbonyl (C=O) groups excluding carboxylic acids is 1. The monoisotopic (exact) mass is 190 g/mol. The number of hydrogen-bond acceptors (Lipinski definition) is 2. The lowest BCUT2D eigenvalue weighted by Crippen LogP contribution is -2.06. The first kappa shape index (κ1) is 10.7. The van der Waals surface area contributed by atoms with Gasteiger partial charge in [-0.15, -0.1) is 0 Å². The van der Waals surface area contributed by atoms with Crippen molar-refractivity contribution in [2.24, 2.45) is 0 Å². The van der Waals surface area contributed by atoms with Crippen molar-refractivity contribution in [2.45, 2.75) is 19.4 Å². The number of aliphatic hydroxyl groups excluding tert-OH is 1. The Morgan fingerprint density at radius 2 is 2.07 bits per heavy atom. The zero-order valence-corrected chi connectivity index (χ0v) is 8.18. The fraction of sp³-hybridized carbons (Fsp3) is 0.250. The zero-order valence-electron chi connectivity index (χ0n) is 8.18. The first-order valence-electron chi connectivity index (χ1n) is 4.62. The van der Waals surface area contributed by atoms with E-state index in [-0.39, 0.29) is 12.2 Å². The van der Waals surface area contributed by atoms with Gasteiger partial charge in [0, 0.05) is 6.42 Å². The molecule has 0 saturated carbocycles. The molecule has 1 atom stereocenters. The van der Waals surface area contributed by atoms with Crippen molar-refractivity contribution in [3.8, 4) is 0 Å². The highest BCUT2D eigenvalue weighted by molar-refractivity contribution is 5.93. The fourth-order valence-corrected chi connectivity index (χ4v) is 1.11. The normalized spacial score (nSPS) is 13.0. The zero-order chi connectivity index (χ0) is 10.4. The Bertz CT molecular complexity index is 312. The van der Waals surface area contributed by atoms with Crippen LogP contribution < -0.4 is 0 Å². The molecule has 0 saturated heterocycles. The third kappa shape index (κ3) is 4.01. The Labute approximate surface area is 83.9 Å². The van der Waals surface area contributed by atoms with E-state index < -0.39 is 6.10 Å². The van der Waals surface area contributed by atoms with Gasteiger partial charge in [0.1, 0.15) is 0 Å². The van der Waals surface area contributed by atoms with Gasteiger partial charge in [0.2, 0.25) is 0 Å². The van der Waals surface area contributed by atoms with Crippen molar-refractivity contribution in [3.05, 3.63) is 42.0 Å². The number of ketones is 1. The van der Waals surface area contributed by atoms with Crippen molar-refractivity contribution in [3.63, 3.8) is 0 Å². The van der Waals surface area contributed by atoms with Gasteiger partial charge in [-0.05, 0) is 18.6 Å². The lowest BCUT2D eigenvalue weighted by molar-refractivity contribution is -0.116. The van der Waals surface area contributed by atoms with Gasteiger partial charge in [-0.25, -0.2) is 0 Å². The fourth-order valence-electron chi connectivity index (χ4n) is 1.11. The molecule has 14 heavy (non-hydrogen) atoms. The molecule has 1 aromatic carbocycles. The summed E-state index contributed by atoms with van der Waals surface area (Å²) in [6.45, 7) is 1.61. The predicted octanol–water partition coefficient (Wildman–Crippen LogP) is 2.04. The van der Waals surface area contributed by atoms with E-state index in [2.05, 4.69) is 0 Å². The van der Waals surface area contributed by atoms with E-state index in [9.17, 15) is 4.79 Å². The third-order valence-electron chi connectivity index (χ3n) is 1.76. The summed E-state index contributed by atoms with van der Waals surface area (Å²) >= 11 is 0. The standard InChI is InChI=1S/C12H14O2/c1-10(13)9-12(14)8-7-11-5-3-2-4-6-11/h2-8,10,13H,9H2,1H3/b8-7+. The summed E-state index contributed by atoms with van der Waals surface area (Å²) < 4.78 is 0. The molecule has 0 heterocycles. The first-order chi connectivity index (χ1) is 6.68. The quantitative estimate of drug-likeness (QED) is 0.738. The van der Waals surface area contributed by atoms with E-state index in [1.165, 1.54) is 6.08 Å². The summed E-state index contributed by atoms with van der Waals surface area (Å²) in [5, 5.41) is 8.97. The van der Waals surface area contributed by atoms with Crippen LogP contribution in [0.4, 0.5) is 0 Å². The number of benzene rings is 1. The van der Waals surface area contributed by atoms with Crippen molar-refractivity contribution < 1.29 is 9.90 Å². The molecule has 1 unspecified atom stereocenters. The molecule has 0 amide bonds. The topological polar surface area (TPSA) is 37.3 Å². The smallest absolute Gasteiger partial charge is 0.158 e. The van der Waals surface area contributed by atoms with E-state index in [1.54, 1.807) is 13.0 Å². The van der Waals surface area contributed by atoms with Crippen LogP contribution in [0, 0.1) is 0 Å². The van der Waals surface area contributed by atoms with Gasteiger partial charge < -0.3 is 5.11 Å². The van der Waals surface area contributed by atoms with Crippen molar-refractivity contribution >= 4 is 11.9 Å². The molecule has 74 valence electrons. The van der Waals surface area contributed by atoms with Gasteiger partial charge in [-0.3, -0.25) is 4.79 Å². The largest absolute Gasteiger partial charge is 0.393 e. The molecule has 0 aliphatic carbocycles. The SMILES string of the molecule is CC(O)CC(=O)/C=C/c1ccccc1. The van der Waals surface area contributed by atoms with Crippen LogP contribution in [0.25, 0.3) is 6.08 Å². The van der Waals surface area contributed by atoms with Gasteiger partial charge in [0.15, 0.2) is 5.78 Å². The minimum atomic E-state index is -0.567. The maximum absolute atomic E-state index is 11.2. The second-order valence-corrected chi connectivity index (χ2v) is 3.26. The third-order valence-corrected chi connectivity index (χ3v) is 1.76. The molecular weight excluding hydrogens is 176 g/mol. The van der Waals surface area contributed by atoms with Gasteiger partial charge in [-0.1, -0.05) is 36.4 Å². The average Bonchev–Trinajstić information content (AvgIpc) is 2.15. The second-order valence-electron chi connectivity index (χ2n) is 3.26. The lowest BCUT2D eigenvalue weighted by Gasteiger charge is -1.98. The summed E-state index contributed by atoms with van der Waals surface area (Å²) in [7, 11) is 0. The van der Waals surface area contributed by atoms with Crippen LogP contribution in [0.3, 0.4) is 0 Å². The van der Waals surface area contributed by atoms with Gasteiger partial charge in [0.25, 0.3) is 0 Å². The number of allylic oxidation sites excluding steroid dienone is 1. The number of hydrogen-bond donors (Lipinski definition) is 1. The number of carbonyl (C=O) groups is 1. The van der Waals surface area contributed by atoms with Crippen LogP contribution in [0.15, 0.2) is 36.4 Å². The van der Waals surface area contributed by atoms with Crippen LogP contribution >= 0.6 is 0 Å². The van der Waals surface area contributed by atoms with E-state index in [4.69, 9.17) is 5.11 Å². The van der Waals surface area contributed by atoms with E-state index in [0.29, 0.717) is 0 Å². The predicted molar refractivity (Wildman–Crippen MR) is 56.8 cm³/mol. The highest BCUT2D eigenvalue weighted by atomic mass is 16.3. The molecule has 0 radical (unpaired) electrons. The Kier molecular flexibility index (Phi) is 4.08. The Hall–Kier alpha value is -1.41. The highest BCUT2D eigenvalue weighted by Crippen LogP contribution is 2.02. The molecule has 2 nitrogen and oxygen atoms in total. The second kappa shape index (κ2) is 5.35. The van der Waals surface area contributed by atoms with Crippen LogP contribution in [0.1, 0.15) is 18.9 Å². The van der Waals surface area contributed by atoms with Crippen molar-refractivity contribution in [2.75, 3.05) is 0 Å². The molecule has 0 aliphatic rings. The molecule has 1 N–H and O–H groups in total. The molecule has 1 aromatic rings. The van der Waals surface area contributed by atoms with Crippen LogP contribution in [0.5, 0.6) is 0 Å². The Morgan fingerprint density at radius 3 is 2.64 bits per heavy atom. The summed E-state index contributed by atoms with van der Waals surface area (Å²) in [5.41, 5.74) is 0.992. The maximum atomic E-state index is 11.2. The van der Waals surface area contributed by atoms with Crippen LogP contribution in [-0.4, -0.2) is 17.0 Å². The van der Waals surface area contributed by atoms with Crippen LogP contribution in [-0.2, 0) is 4.79 Å². The van der Waals surface area contributed by atoms with E-state index in [0.717, 1.165) is 5.56 Å². The Balaban J connectivity index is 2.52. The summed E-state index contributed by atoms with van der Waals surface area (Å²) in [4.78, 5) is 11.2. The van der Waals surface area contributed by atoms with Crippen LogP contribution in [0.2, 0.25) is 0 Å². The molecule has 0 fully saturated rings. The van der Waals surface area contributed by atoms with Gasteiger partial charge in [0.05, 0.1) is 6.10 Å². The van der Waals surface area contributed by atoms with E-state index >= 15 is 0 Å². The molecule has 2 heteroatoms. The molecule has 0 bridgehead atoms. The molecule has 0 aromatic heterocycles. The van der Waals surface area contributed by atoms with Crippen molar-refractivity contribution in [1.29, 1.82) is 0 Å². The molecule has 0 spiro atoms. The maximum Gasteiger partial charge on any atom is 0.158 e. The summed E-state index contributed by atoms with van der Waals surface area (Å²) in [5.74, 6) is -0.0520. The van der Waals surface area contributed by atoms with E-state index in [1.807, 2.05) is 30.3 Å². The number of rotatable bonds is 4.